The maximum atomic E-state index is 11.1. The first-order chi connectivity index (χ1) is 6.93. The van der Waals surface area contributed by atoms with Crippen molar-refractivity contribution in [2.75, 3.05) is 21.1 Å². The van der Waals surface area contributed by atoms with Gasteiger partial charge in [0.05, 0.1) is 21.1 Å². The van der Waals surface area contributed by atoms with Crippen molar-refractivity contribution >= 4 is 11.7 Å². The van der Waals surface area contributed by atoms with Gasteiger partial charge in [-0.3, -0.25) is 9.28 Å². The van der Waals surface area contributed by atoms with E-state index >= 15 is 0 Å². The van der Waals surface area contributed by atoms with Crippen LogP contribution in [0, 0.1) is 0 Å². The van der Waals surface area contributed by atoms with Crippen LogP contribution in [0.1, 0.15) is 13.3 Å². The van der Waals surface area contributed by atoms with Crippen molar-refractivity contribution < 1.29 is 9.53 Å². The van der Waals surface area contributed by atoms with Crippen molar-refractivity contribution in [3.05, 3.63) is 24.3 Å². The highest BCUT2D eigenvalue weighted by molar-refractivity contribution is 5.72. The van der Waals surface area contributed by atoms with Crippen molar-refractivity contribution in [3.8, 4) is 5.75 Å². The minimum absolute atomic E-state index is 0.200. The van der Waals surface area contributed by atoms with Crippen LogP contribution in [0.4, 0.5) is 5.69 Å². The first-order valence-electron chi connectivity index (χ1n) is 5.06. The Morgan fingerprint density at radius 1 is 1.33 bits per heavy atom. The molecule has 82 valence electrons. The highest BCUT2D eigenvalue weighted by Gasteiger charge is 2.13. The lowest BCUT2D eigenvalue weighted by Crippen LogP contribution is -2.34. The Hall–Kier alpha value is -1.35. The number of carbonyl (C=O) groups excluding carboxylic acids is 1. The van der Waals surface area contributed by atoms with Gasteiger partial charge in [0, 0.05) is 12.5 Å². The summed E-state index contributed by atoms with van der Waals surface area (Å²) in [5.41, 5.74) is 1.11. The average Bonchev–Trinajstić information content (AvgIpc) is 2.17. The number of nitrogens with zero attached hydrogens (tertiary/aromatic N) is 1. The fourth-order valence-electron chi connectivity index (χ4n) is 1.17. The number of ether oxygens (including phenoxy) is 1. The van der Waals surface area contributed by atoms with E-state index in [4.69, 9.17) is 4.74 Å². The third kappa shape index (κ3) is 3.36. The first kappa shape index (κ1) is 11.7. The van der Waals surface area contributed by atoms with Crippen LogP contribution in [0.25, 0.3) is 0 Å². The fourth-order valence-corrected chi connectivity index (χ4v) is 1.17. The molecule has 1 aromatic carbocycles. The number of quaternary nitrogens is 1. The molecule has 0 unspecified atom stereocenters. The molecule has 3 heteroatoms. The molecule has 0 amide bonds. The molecule has 3 nitrogen and oxygen atoms in total. The third-order valence-electron chi connectivity index (χ3n) is 2.11. The molecule has 0 aromatic heterocycles. The smallest absolute Gasteiger partial charge is 0.310 e. The molecule has 0 fully saturated rings. The maximum Gasteiger partial charge on any atom is 0.310 e. The Morgan fingerprint density at radius 2 is 2.00 bits per heavy atom. The van der Waals surface area contributed by atoms with E-state index in [1.807, 2.05) is 18.2 Å². The summed E-state index contributed by atoms with van der Waals surface area (Å²) in [5, 5.41) is 0. The molecule has 0 saturated heterocycles. The molecule has 0 aliphatic rings. The molecule has 0 saturated carbocycles. The zero-order valence-electron chi connectivity index (χ0n) is 9.78. The molecular formula is C12H18NO2+. The molecule has 1 aromatic rings. The summed E-state index contributed by atoms with van der Waals surface area (Å²) in [6.45, 7) is 1.78. The van der Waals surface area contributed by atoms with Gasteiger partial charge in [-0.05, 0) is 12.1 Å². The van der Waals surface area contributed by atoms with E-state index in [1.165, 1.54) is 0 Å². The molecule has 1 rings (SSSR count). The van der Waals surface area contributed by atoms with Gasteiger partial charge in [0.15, 0.2) is 0 Å². The molecule has 0 bridgehead atoms. The standard InChI is InChI=1S/C12H18NO2/c1-5-12(14)15-11-8-6-7-10(9-11)13(2,3)4/h6-9H,5H2,1-4H3/q+1. The summed E-state index contributed by atoms with van der Waals surface area (Å²) in [5.74, 6) is 0.418. The lowest BCUT2D eigenvalue weighted by molar-refractivity contribution is -0.134. The molecule has 0 heterocycles. The Labute approximate surface area is 90.9 Å². The molecule has 15 heavy (non-hydrogen) atoms. The second-order valence-electron chi connectivity index (χ2n) is 4.34. The molecule has 0 spiro atoms. The van der Waals surface area contributed by atoms with E-state index in [-0.39, 0.29) is 5.97 Å². The summed E-state index contributed by atoms with van der Waals surface area (Å²) in [7, 11) is 6.21. The van der Waals surface area contributed by atoms with Crippen LogP contribution >= 0.6 is 0 Å². The Kier molecular flexibility index (Phi) is 3.48. The summed E-state index contributed by atoms with van der Waals surface area (Å²) in [4.78, 5) is 11.1. The normalized spacial score (nSPS) is 11.2. The van der Waals surface area contributed by atoms with E-state index < -0.39 is 0 Å². The summed E-state index contributed by atoms with van der Waals surface area (Å²) in [6, 6.07) is 7.61. The number of carbonyl (C=O) groups is 1. The van der Waals surface area contributed by atoms with Crippen LogP contribution < -0.4 is 9.22 Å². The van der Waals surface area contributed by atoms with Gasteiger partial charge in [0.2, 0.25) is 0 Å². The van der Waals surface area contributed by atoms with E-state index in [2.05, 4.69) is 21.1 Å². The van der Waals surface area contributed by atoms with Crippen LogP contribution in [0.5, 0.6) is 5.75 Å². The molecular weight excluding hydrogens is 190 g/mol. The Morgan fingerprint density at radius 3 is 2.53 bits per heavy atom. The topological polar surface area (TPSA) is 26.3 Å². The molecule has 0 N–H and O–H groups in total. The first-order valence-corrected chi connectivity index (χ1v) is 5.06. The highest BCUT2D eigenvalue weighted by Crippen LogP contribution is 2.22. The Balaban J connectivity index is 2.88. The van der Waals surface area contributed by atoms with Crippen molar-refractivity contribution in [1.82, 2.24) is 4.48 Å². The van der Waals surface area contributed by atoms with E-state index in [9.17, 15) is 4.79 Å². The van der Waals surface area contributed by atoms with E-state index in [1.54, 1.807) is 13.0 Å². The van der Waals surface area contributed by atoms with E-state index in [0.29, 0.717) is 16.7 Å². The highest BCUT2D eigenvalue weighted by atomic mass is 16.5. The van der Waals surface area contributed by atoms with Crippen LogP contribution in [0.2, 0.25) is 0 Å². The van der Waals surface area contributed by atoms with Crippen LogP contribution in [0.3, 0.4) is 0 Å². The lowest BCUT2D eigenvalue weighted by atomic mass is 10.2. The summed E-state index contributed by atoms with van der Waals surface area (Å²) >= 11 is 0. The van der Waals surface area contributed by atoms with Gasteiger partial charge in [-0.1, -0.05) is 13.0 Å². The quantitative estimate of drug-likeness (QED) is 0.432. The van der Waals surface area contributed by atoms with Crippen LogP contribution in [-0.4, -0.2) is 27.1 Å². The van der Waals surface area contributed by atoms with Crippen LogP contribution in [-0.2, 0) is 4.79 Å². The van der Waals surface area contributed by atoms with Gasteiger partial charge in [-0.25, -0.2) is 0 Å². The minimum Gasteiger partial charge on any atom is -0.426 e. The van der Waals surface area contributed by atoms with Gasteiger partial charge in [-0.2, -0.15) is 0 Å². The molecule has 0 aliphatic carbocycles. The van der Waals surface area contributed by atoms with Crippen molar-refractivity contribution in [2.45, 2.75) is 13.3 Å². The third-order valence-corrected chi connectivity index (χ3v) is 2.11. The van der Waals surface area contributed by atoms with Crippen LogP contribution in [0.15, 0.2) is 24.3 Å². The number of benzene rings is 1. The minimum atomic E-state index is -0.200. The lowest BCUT2D eigenvalue weighted by Gasteiger charge is -2.23. The van der Waals surface area contributed by atoms with Gasteiger partial charge >= 0.3 is 5.97 Å². The summed E-state index contributed by atoms with van der Waals surface area (Å²) in [6.07, 6.45) is 0.397. The molecule has 0 aliphatic heterocycles. The second-order valence-corrected chi connectivity index (χ2v) is 4.34. The number of hydrogen-bond acceptors (Lipinski definition) is 2. The zero-order valence-corrected chi connectivity index (χ0v) is 9.78. The largest absolute Gasteiger partial charge is 0.426 e. The van der Waals surface area contributed by atoms with Gasteiger partial charge in [0.1, 0.15) is 11.4 Å². The van der Waals surface area contributed by atoms with Crippen molar-refractivity contribution in [3.63, 3.8) is 0 Å². The average molecular weight is 208 g/mol. The number of rotatable bonds is 3. The number of esters is 1. The maximum absolute atomic E-state index is 11.1. The predicted molar refractivity (Wildman–Crippen MR) is 61.9 cm³/mol. The van der Waals surface area contributed by atoms with Gasteiger partial charge in [-0.15, -0.1) is 0 Å². The second kappa shape index (κ2) is 4.45. The van der Waals surface area contributed by atoms with E-state index in [0.717, 1.165) is 5.69 Å². The predicted octanol–water partition coefficient (Wildman–Crippen LogP) is 2.20. The Bertz CT molecular complexity index is 353. The monoisotopic (exact) mass is 208 g/mol. The zero-order chi connectivity index (χ0) is 11.5. The molecule has 0 atom stereocenters. The molecule has 0 radical (unpaired) electrons. The summed E-state index contributed by atoms with van der Waals surface area (Å²) < 4.78 is 5.86. The van der Waals surface area contributed by atoms with Crippen molar-refractivity contribution in [2.24, 2.45) is 0 Å². The van der Waals surface area contributed by atoms with Gasteiger partial charge < -0.3 is 4.74 Å². The SMILES string of the molecule is CCC(=O)Oc1cccc([N+](C)(C)C)c1. The number of hydrogen-bond donors (Lipinski definition) is 0. The van der Waals surface area contributed by atoms with Gasteiger partial charge in [0.25, 0.3) is 0 Å². The fraction of sp³-hybridized carbons (Fsp3) is 0.417. The van der Waals surface area contributed by atoms with Crippen molar-refractivity contribution in [1.29, 1.82) is 0 Å².